The molecular weight excluding hydrogens is 610 g/mol. The molecule has 1 fully saturated rings. The molecule has 2 amide bonds. The Labute approximate surface area is 269 Å². The Kier molecular flexibility index (Phi) is 9.33. The first-order chi connectivity index (χ1) is 21.7. The second kappa shape index (κ2) is 12.8. The number of amides is 2. The molecule has 0 saturated carbocycles. The number of nitrogens with zero attached hydrogens (tertiary/aromatic N) is 4. The van der Waals surface area contributed by atoms with Crippen LogP contribution in [-0.2, 0) is 27.7 Å². The van der Waals surface area contributed by atoms with Crippen LogP contribution in [0.3, 0.4) is 0 Å². The minimum absolute atomic E-state index is 0.00931. The number of nitrogens with two attached hydrogens (primary N) is 1. The summed E-state index contributed by atoms with van der Waals surface area (Å²) in [6.45, 7) is 10.9. The van der Waals surface area contributed by atoms with E-state index in [1.165, 1.54) is 30.1 Å². The summed E-state index contributed by atoms with van der Waals surface area (Å²) in [5.74, 6) is -1.38. The number of hydrogen-bond donors (Lipinski definition) is 1. The smallest absolute Gasteiger partial charge is 0.341 e. The Hall–Kier alpha value is -3.78. The van der Waals surface area contributed by atoms with Crippen LogP contribution >= 0.6 is 0 Å². The van der Waals surface area contributed by atoms with Gasteiger partial charge in [0.2, 0.25) is 15.9 Å². The third-order valence-corrected chi connectivity index (χ3v) is 11.5. The monoisotopic (exact) mass is 653 g/mol. The second-order valence-electron chi connectivity index (χ2n) is 12.6. The number of anilines is 1. The van der Waals surface area contributed by atoms with Crippen molar-refractivity contribution in [1.82, 2.24) is 14.1 Å². The predicted molar refractivity (Wildman–Crippen MR) is 176 cm³/mol. The van der Waals surface area contributed by atoms with E-state index in [0.717, 1.165) is 51.7 Å². The number of primary amides is 1. The summed E-state index contributed by atoms with van der Waals surface area (Å²) in [5, 5.41) is 0.890. The average molecular weight is 654 g/mol. The Morgan fingerprint density at radius 1 is 1.13 bits per heavy atom. The lowest BCUT2D eigenvalue weighted by atomic mass is 9.92. The summed E-state index contributed by atoms with van der Waals surface area (Å²) >= 11 is 0. The fraction of sp³-hybridized carbons (Fsp3) is 0.485. The van der Waals surface area contributed by atoms with Gasteiger partial charge in [0, 0.05) is 68.6 Å². The number of sulfonamides is 1. The van der Waals surface area contributed by atoms with Gasteiger partial charge in [-0.2, -0.15) is 4.31 Å². The zero-order chi connectivity index (χ0) is 33.7. The fourth-order valence-electron chi connectivity index (χ4n) is 6.48. The van der Waals surface area contributed by atoms with Crippen LogP contribution in [0.2, 0.25) is 0 Å². The van der Waals surface area contributed by atoms with Crippen molar-refractivity contribution in [1.29, 1.82) is 0 Å². The van der Waals surface area contributed by atoms with Gasteiger partial charge in [0.15, 0.2) is 0 Å². The van der Waals surface area contributed by atoms with Gasteiger partial charge < -0.3 is 24.7 Å². The van der Waals surface area contributed by atoms with Gasteiger partial charge in [-0.15, -0.1) is 0 Å². The maximum Gasteiger partial charge on any atom is 0.341 e. The van der Waals surface area contributed by atoms with Crippen molar-refractivity contribution >= 4 is 38.5 Å². The molecule has 1 saturated heterocycles. The van der Waals surface area contributed by atoms with Gasteiger partial charge in [-0.1, -0.05) is 0 Å². The van der Waals surface area contributed by atoms with Crippen LogP contribution in [0.5, 0.6) is 0 Å². The zero-order valence-corrected chi connectivity index (χ0v) is 28.4. The van der Waals surface area contributed by atoms with Crippen LogP contribution < -0.4 is 16.3 Å². The molecule has 3 aromatic rings. The highest BCUT2D eigenvalue weighted by atomic mass is 32.2. The minimum Gasteiger partial charge on any atom is -0.422 e. The molecule has 0 spiro atoms. The number of rotatable bonds is 8. The first-order valence-electron chi connectivity index (χ1n) is 15.4. The number of likely N-dealkylation sites (N-methyl/N-ethyl adjacent to an activating group) is 1. The maximum atomic E-state index is 13.7. The quantitative estimate of drug-likeness (QED) is 0.362. The standard InChI is InChI=1S/C33H43N5O7S/c1-19(2)36(6)46(42,43)28-15-22(8-9-25(28)31(34)39)32(40)38-11-10-24-26(17-38)33(41)45-30-21(4)27(14-20(3)29(24)30)37-13-12-35(5)23(16-37)18-44-7/h8-9,14-15,19,23H,10-13,16-18H2,1-7H3,(H2,34,39)/t23-/m1/s1. The molecule has 13 heteroatoms. The molecule has 1 aromatic heterocycles. The van der Waals surface area contributed by atoms with Crippen molar-refractivity contribution in [2.45, 2.75) is 57.6 Å². The molecule has 2 N–H and O–H groups in total. The van der Waals surface area contributed by atoms with Gasteiger partial charge >= 0.3 is 5.63 Å². The van der Waals surface area contributed by atoms with Crippen LogP contribution in [0.25, 0.3) is 11.0 Å². The fourth-order valence-corrected chi connectivity index (χ4v) is 8.07. The van der Waals surface area contributed by atoms with Crippen molar-refractivity contribution in [2.75, 3.05) is 58.9 Å². The molecule has 0 aliphatic carbocycles. The number of fused-ring (bicyclic) bond motifs is 3. The van der Waals surface area contributed by atoms with E-state index in [1.54, 1.807) is 21.0 Å². The lowest BCUT2D eigenvalue weighted by Gasteiger charge is -2.41. The van der Waals surface area contributed by atoms with Gasteiger partial charge in [0.25, 0.3) is 5.91 Å². The van der Waals surface area contributed by atoms with Gasteiger partial charge in [-0.25, -0.2) is 13.2 Å². The van der Waals surface area contributed by atoms with Crippen molar-refractivity contribution in [3.8, 4) is 0 Å². The van der Waals surface area contributed by atoms with E-state index in [0.29, 0.717) is 30.7 Å². The van der Waals surface area contributed by atoms with E-state index in [2.05, 4.69) is 22.9 Å². The molecule has 0 radical (unpaired) electrons. The van der Waals surface area contributed by atoms with Crippen LogP contribution in [0, 0.1) is 13.8 Å². The zero-order valence-electron chi connectivity index (χ0n) is 27.5. The number of hydrogen-bond acceptors (Lipinski definition) is 9. The summed E-state index contributed by atoms with van der Waals surface area (Å²) < 4.78 is 39.3. The number of methoxy groups -OCH3 is 1. The third kappa shape index (κ3) is 5.92. The van der Waals surface area contributed by atoms with Gasteiger partial charge in [0.1, 0.15) is 5.58 Å². The first kappa shape index (κ1) is 33.6. The van der Waals surface area contributed by atoms with Gasteiger partial charge in [-0.3, -0.25) is 14.5 Å². The highest BCUT2D eigenvalue weighted by Gasteiger charge is 2.33. The van der Waals surface area contributed by atoms with Gasteiger partial charge in [0.05, 0.1) is 35.2 Å². The lowest BCUT2D eigenvalue weighted by Crippen LogP contribution is -2.53. The molecule has 2 aliphatic rings. The van der Waals surface area contributed by atoms with E-state index in [-0.39, 0.29) is 28.6 Å². The topological polar surface area (TPSA) is 147 Å². The average Bonchev–Trinajstić information content (AvgIpc) is 3.02. The Morgan fingerprint density at radius 2 is 1.85 bits per heavy atom. The molecule has 0 unspecified atom stereocenters. The highest BCUT2D eigenvalue weighted by molar-refractivity contribution is 7.89. The molecule has 0 bridgehead atoms. The number of carbonyl (C=O) groups excluding carboxylic acids is 2. The maximum absolute atomic E-state index is 13.7. The molecule has 2 aromatic carbocycles. The molecule has 12 nitrogen and oxygen atoms in total. The van der Waals surface area contributed by atoms with E-state index in [1.807, 2.05) is 13.8 Å². The van der Waals surface area contributed by atoms with Crippen LogP contribution in [0.15, 0.2) is 38.4 Å². The predicted octanol–water partition coefficient (Wildman–Crippen LogP) is 2.50. The number of ether oxygens (including phenoxy) is 1. The van der Waals surface area contributed by atoms with E-state index >= 15 is 0 Å². The Balaban J connectivity index is 1.49. The number of benzene rings is 2. The SMILES string of the molecule is COC[C@H]1CN(c2cc(C)c3c4c(c(=O)oc3c2C)CN(C(=O)c2ccc(C(N)=O)c(S(=O)(=O)N(C)C(C)C)c2)CC4)CCN1C. The van der Waals surface area contributed by atoms with Crippen molar-refractivity contribution < 1.29 is 27.2 Å². The van der Waals surface area contributed by atoms with Crippen molar-refractivity contribution in [2.24, 2.45) is 5.73 Å². The first-order valence-corrected chi connectivity index (χ1v) is 16.8. The Bertz CT molecular complexity index is 1870. The third-order valence-electron chi connectivity index (χ3n) is 9.43. The van der Waals surface area contributed by atoms with Gasteiger partial charge in [-0.05, 0) is 76.6 Å². The molecule has 5 rings (SSSR count). The normalized spacial score (nSPS) is 17.6. The molecule has 46 heavy (non-hydrogen) atoms. The highest BCUT2D eigenvalue weighted by Crippen LogP contribution is 2.36. The molecular formula is C33H43N5O7S. The largest absolute Gasteiger partial charge is 0.422 e. The minimum atomic E-state index is -4.13. The molecule has 1 atom stereocenters. The second-order valence-corrected chi connectivity index (χ2v) is 14.6. The van der Waals surface area contributed by atoms with E-state index in [9.17, 15) is 22.8 Å². The molecule has 248 valence electrons. The number of piperazine rings is 1. The summed E-state index contributed by atoms with van der Waals surface area (Å²) in [6, 6.07) is 5.85. The lowest BCUT2D eigenvalue weighted by molar-refractivity contribution is 0.0732. The number of carbonyl (C=O) groups is 2. The van der Waals surface area contributed by atoms with E-state index < -0.39 is 33.5 Å². The summed E-state index contributed by atoms with van der Waals surface area (Å²) in [4.78, 5) is 45.1. The van der Waals surface area contributed by atoms with E-state index in [4.69, 9.17) is 14.9 Å². The van der Waals surface area contributed by atoms with Crippen LogP contribution in [-0.4, -0.2) is 100 Å². The summed E-state index contributed by atoms with van der Waals surface area (Å²) in [6.07, 6.45) is 0.424. The summed E-state index contributed by atoms with van der Waals surface area (Å²) in [5.41, 5.74) is 9.63. The van der Waals surface area contributed by atoms with Crippen molar-refractivity contribution in [3.05, 3.63) is 68.1 Å². The van der Waals surface area contributed by atoms with Crippen LogP contribution in [0.4, 0.5) is 5.69 Å². The molecule has 3 heterocycles. The van der Waals surface area contributed by atoms with Crippen molar-refractivity contribution in [3.63, 3.8) is 0 Å². The Morgan fingerprint density at radius 3 is 2.50 bits per heavy atom. The van der Waals surface area contributed by atoms with Crippen LogP contribution in [0.1, 0.15) is 56.8 Å². The number of aryl methyl sites for hydroxylation is 2. The molecule has 2 aliphatic heterocycles. The summed E-state index contributed by atoms with van der Waals surface area (Å²) in [7, 11) is 1.08.